The molecule has 0 amide bonds. The number of carbonyl (C=O) groups is 3. The number of hydrogen-bond donors (Lipinski definition) is 2. The molecule has 0 fully saturated rings. The van der Waals surface area contributed by atoms with Gasteiger partial charge in [-0.3, -0.25) is 4.79 Å². The van der Waals surface area contributed by atoms with Crippen LogP contribution < -0.4 is 20.9 Å². The van der Waals surface area contributed by atoms with Crippen LogP contribution in [-0.4, -0.2) is 43.9 Å². The first-order chi connectivity index (χ1) is 21.0. The average Bonchev–Trinajstić information content (AvgIpc) is 2.97. The molecule has 0 aromatic heterocycles. The molecule has 0 saturated carbocycles. The summed E-state index contributed by atoms with van der Waals surface area (Å²) in [6.07, 6.45) is -1.72. The quantitative estimate of drug-likeness (QED) is 0.0822. The number of esters is 3. The Morgan fingerprint density at radius 1 is 0.659 bits per heavy atom. The predicted molar refractivity (Wildman–Crippen MR) is 157 cm³/mol. The maximum Gasteiger partial charge on any atom is 0.392 e. The third kappa shape index (κ3) is 12.6. The van der Waals surface area contributed by atoms with Crippen LogP contribution >= 0.6 is 0 Å². The van der Waals surface area contributed by atoms with Crippen LogP contribution in [0.25, 0.3) is 0 Å². The molecule has 0 saturated heterocycles. The lowest BCUT2D eigenvalue weighted by Gasteiger charge is -2.09. The second kappa shape index (κ2) is 16.8. The highest BCUT2D eigenvalue weighted by molar-refractivity contribution is 5.92. The lowest BCUT2D eigenvalue weighted by atomic mass is 10.1. The number of anilines is 2. The SMILES string of the molecule is Nc1cc(N)cc(C(=O)OCCCCCCOC(=O)CCc2ccc(OC(=O)c3ccc(OCCC(F)(F)F)cc3)cc2)c1. The number of alkyl halides is 3. The van der Waals surface area contributed by atoms with Crippen molar-refractivity contribution in [3.63, 3.8) is 0 Å². The van der Waals surface area contributed by atoms with Crippen molar-refractivity contribution in [3.8, 4) is 11.5 Å². The van der Waals surface area contributed by atoms with E-state index in [9.17, 15) is 27.6 Å². The normalized spacial score (nSPS) is 11.1. The second-order valence-corrected chi connectivity index (χ2v) is 9.93. The van der Waals surface area contributed by atoms with Gasteiger partial charge in [0.15, 0.2) is 0 Å². The number of nitrogens with two attached hydrogens (primary N) is 2. The molecule has 0 heterocycles. The number of unbranched alkanes of at least 4 members (excludes halogenated alkanes) is 3. The van der Waals surface area contributed by atoms with Gasteiger partial charge in [-0.25, -0.2) is 9.59 Å². The Hall–Kier alpha value is -4.74. The first-order valence-corrected chi connectivity index (χ1v) is 14.1. The highest BCUT2D eigenvalue weighted by Crippen LogP contribution is 2.21. The molecule has 0 aliphatic carbocycles. The number of halogens is 3. The predicted octanol–water partition coefficient (Wildman–Crippen LogP) is 6.29. The van der Waals surface area contributed by atoms with Crippen molar-refractivity contribution in [2.24, 2.45) is 0 Å². The summed E-state index contributed by atoms with van der Waals surface area (Å²) in [4.78, 5) is 36.5. The van der Waals surface area contributed by atoms with Crippen molar-refractivity contribution in [3.05, 3.63) is 83.4 Å². The number of hydrogen-bond acceptors (Lipinski definition) is 9. The highest BCUT2D eigenvalue weighted by Gasteiger charge is 2.26. The van der Waals surface area contributed by atoms with E-state index in [1.807, 2.05) is 0 Å². The molecule has 4 N–H and O–H groups in total. The van der Waals surface area contributed by atoms with Gasteiger partial charge in [0.05, 0.1) is 37.4 Å². The fourth-order valence-corrected chi connectivity index (χ4v) is 3.97. The lowest BCUT2D eigenvalue weighted by Crippen LogP contribution is -2.13. The molecule has 3 rings (SSSR count). The largest absolute Gasteiger partial charge is 0.493 e. The molecule has 0 aliphatic heterocycles. The molecule has 44 heavy (non-hydrogen) atoms. The number of nitrogen functional groups attached to an aromatic ring is 2. The molecule has 0 radical (unpaired) electrons. The van der Waals surface area contributed by atoms with Crippen LogP contribution in [0.3, 0.4) is 0 Å². The van der Waals surface area contributed by atoms with Crippen LogP contribution in [0.1, 0.15) is 64.8 Å². The minimum Gasteiger partial charge on any atom is -0.493 e. The van der Waals surface area contributed by atoms with Gasteiger partial charge >= 0.3 is 24.1 Å². The first kappa shape index (κ1) is 33.8. The molecule has 3 aromatic carbocycles. The molecule has 0 unspecified atom stereocenters. The Kier molecular flexibility index (Phi) is 12.9. The van der Waals surface area contributed by atoms with E-state index in [4.69, 9.17) is 30.4 Å². The van der Waals surface area contributed by atoms with Crippen molar-refractivity contribution < 1.29 is 46.5 Å². The molecule has 0 spiro atoms. The van der Waals surface area contributed by atoms with Gasteiger partial charge in [0.25, 0.3) is 0 Å². The van der Waals surface area contributed by atoms with Gasteiger partial charge in [0.2, 0.25) is 0 Å². The summed E-state index contributed by atoms with van der Waals surface area (Å²) in [5.41, 5.74) is 13.5. The van der Waals surface area contributed by atoms with Gasteiger partial charge in [-0.05, 0) is 92.3 Å². The van der Waals surface area contributed by atoms with Crippen molar-refractivity contribution in [1.82, 2.24) is 0 Å². The number of carbonyl (C=O) groups excluding carboxylic acids is 3. The number of aryl methyl sites for hydroxylation is 1. The monoisotopic (exact) mass is 616 g/mol. The van der Waals surface area contributed by atoms with Crippen LogP contribution in [0.5, 0.6) is 11.5 Å². The molecular formula is C32H35F3N2O7. The molecule has 9 nitrogen and oxygen atoms in total. The molecule has 0 bridgehead atoms. The van der Waals surface area contributed by atoms with E-state index in [1.165, 1.54) is 36.4 Å². The van der Waals surface area contributed by atoms with Gasteiger partial charge in [-0.2, -0.15) is 13.2 Å². The first-order valence-electron chi connectivity index (χ1n) is 14.1. The zero-order valence-corrected chi connectivity index (χ0v) is 24.1. The van der Waals surface area contributed by atoms with Gasteiger partial charge in [0, 0.05) is 17.8 Å². The smallest absolute Gasteiger partial charge is 0.392 e. The van der Waals surface area contributed by atoms with E-state index >= 15 is 0 Å². The minimum absolute atomic E-state index is 0.195. The molecule has 236 valence electrons. The highest BCUT2D eigenvalue weighted by atomic mass is 19.4. The van der Waals surface area contributed by atoms with Crippen molar-refractivity contribution in [2.75, 3.05) is 31.3 Å². The zero-order valence-electron chi connectivity index (χ0n) is 24.1. The minimum atomic E-state index is -4.30. The summed E-state index contributed by atoms with van der Waals surface area (Å²) in [7, 11) is 0. The Balaban J connectivity index is 1.25. The Bertz CT molecular complexity index is 1360. The standard InChI is InChI=1S/C32H35F3N2O7/c33-32(34,35)15-18-41-27-12-8-23(9-13-27)31(40)44-28-10-5-22(6-11-28)7-14-29(38)42-16-3-1-2-4-17-43-30(39)24-19-25(36)21-26(37)20-24/h5-6,8-13,19-21H,1-4,7,14-18,36-37H2. The van der Waals surface area contributed by atoms with E-state index in [0.29, 0.717) is 48.6 Å². The summed E-state index contributed by atoms with van der Waals surface area (Å²) >= 11 is 0. The Morgan fingerprint density at radius 2 is 1.25 bits per heavy atom. The summed E-state index contributed by atoms with van der Waals surface area (Å²) in [6.45, 7) is 0.0602. The summed E-state index contributed by atoms with van der Waals surface area (Å²) < 4.78 is 57.6. The Morgan fingerprint density at radius 3 is 1.86 bits per heavy atom. The number of benzene rings is 3. The third-order valence-electron chi connectivity index (χ3n) is 6.24. The maximum absolute atomic E-state index is 12.4. The molecule has 3 aromatic rings. The number of ether oxygens (including phenoxy) is 4. The fraction of sp³-hybridized carbons (Fsp3) is 0.344. The van der Waals surface area contributed by atoms with E-state index in [0.717, 1.165) is 18.4 Å². The van der Waals surface area contributed by atoms with E-state index < -0.39 is 31.1 Å². The van der Waals surface area contributed by atoms with Crippen molar-refractivity contribution in [2.45, 2.75) is 51.1 Å². The van der Waals surface area contributed by atoms with Crippen LogP contribution in [0.15, 0.2) is 66.7 Å². The molecule has 0 atom stereocenters. The number of rotatable bonds is 16. The van der Waals surface area contributed by atoms with E-state index in [-0.39, 0.29) is 30.3 Å². The van der Waals surface area contributed by atoms with Gasteiger partial charge in [0.1, 0.15) is 11.5 Å². The topological polar surface area (TPSA) is 140 Å². The molecule has 0 aliphatic rings. The fourth-order valence-electron chi connectivity index (χ4n) is 3.97. The van der Waals surface area contributed by atoms with Gasteiger partial charge in [-0.1, -0.05) is 12.1 Å². The Labute approximate surface area is 253 Å². The zero-order chi connectivity index (χ0) is 32.0. The van der Waals surface area contributed by atoms with Crippen molar-refractivity contribution in [1.29, 1.82) is 0 Å². The second-order valence-electron chi connectivity index (χ2n) is 9.93. The van der Waals surface area contributed by atoms with Crippen LogP contribution in [0.2, 0.25) is 0 Å². The van der Waals surface area contributed by atoms with E-state index in [2.05, 4.69) is 0 Å². The summed E-state index contributed by atoms with van der Waals surface area (Å²) in [6, 6.07) is 16.9. The van der Waals surface area contributed by atoms with Crippen LogP contribution in [0.4, 0.5) is 24.5 Å². The van der Waals surface area contributed by atoms with Crippen LogP contribution in [-0.2, 0) is 20.7 Å². The molecular weight excluding hydrogens is 581 g/mol. The molecule has 12 heteroatoms. The van der Waals surface area contributed by atoms with Crippen molar-refractivity contribution >= 4 is 29.3 Å². The van der Waals surface area contributed by atoms with Gasteiger partial charge < -0.3 is 30.4 Å². The van der Waals surface area contributed by atoms with Crippen LogP contribution in [0, 0.1) is 0 Å². The summed E-state index contributed by atoms with van der Waals surface area (Å²) in [5, 5.41) is 0. The lowest BCUT2D eigenvalue weighted by molar-refractivity contribution is -0.143. The third-order valence-corrected chi connectivity index (χ3v) is 6.24. The average molecular weight is 617 g/mol. The maximum atomic E-state index is 12.4. The van der Waals surface area contributed by atoms with Gasteiger partial charge in [-0.15, -0.1) is 0 Å². The van der Waals surface area contributed by atoms with E-state index in [1.54, 1.807) is 30.3 Å². The summed E-state index contributed by atoms with van der Waals surface area (Å²) in [5.74, 6) is -0.910.